The van der Waals surface area contributed by atoms with Crippen LogP contribution in [0.5, 0.6) is 5.75 Å². The van der Waals surface area contributed by atoms with Crippen molar-refractivity contribution in [1.82, 2.24) is 9.62 Å². The predicted molar refractivity (Wildman–Crippen MR) is 117 cm³/mol. The summed E-state index contributed by atoms with van der Waals surface area (Å²) in [5, 5.41) is 0. The third-order valence-corrected chi connectivity index (χ3v) is 7.28. The van der Waals surface area contributed by atoms with Crippen molar-refractivity contribution in [1.29, 1.82) is 0 Å². The Balaban J connectivity index is 1.89. The molecule has 0 aromatic heterocycles. The molecular weight excluding hydrogens is 424 g/mol. The number of carbonyl (C=O) groups excluding carboxylic acids is 1. The molecule has 1 atom stereocenters. The number of sulfonamides is 1. The monoisotopic (exact) mass is 450 g/mol. The second-order valence-electron chi connectivity index (χ2n) is 6.85. The molecule has 1 heterocycles. The fourth-order valence-electron chi connectivity index (χ4n) is 3.35. The van der Waals surface area contributed by atoms with Crippen LogP contribution in [0.25, 0.3) is 0 Å². The van der Waals surface area contributed by atoms with Crippen LogP contribution in [0.3, 0.4) is 0 Å². The first kappa shape index (κ1) is 22.6. The SMILES string of the molecule is COc1ccccc1[C@H](C)NS(=O)(=O)c1ccc(SC)c(C(=O)N2CCOCC2)c1. The second kappa shape index (κ2) is 9.82. The maximum absolute atomic E-state index is 13.1. The molecule has 1 aliphatic rings. The fraction of sp³-hybridized carbons (Fsp3) is 0.381. The molecule has 0 aliphatic carbocycles. The molecule has 1 aliphatic heterocycles. The summed E-state index contributed by atoms with van der Waals surface area (Å²) >= 11 is 1.41. The molecule has 2 aromatic rings. The second-order valence-corrected chi connectivity index (χ2v) is 9.41. The minimum Gasteiger partial charge on any atom is -0.496 e. The Morgan fingerprint density at radius 2 is 1.90 bits per heavy atom. The van der Waals surface area contributed by atoms with E-state index in [1.54, 1.807) is 31.1 Å². The topological polar surface area (TPSA) is 84.9 Å². The van der Waals surface area contributed by atoms with Crippen LogP contribution in [0.1, 0.15) is 28.9 Å². The first-order valence-electron chi connectivity index (χ1n) is 9.57. The van der Waals surface area contributed by atoms with Crippen molar-refractivity contribution in [2.45, 2.75) is 22.8 Å². The van der Waals surface area contributed by atoms with Gasteiger partial charge in [-0.25, -0.2) is 13.1 Å². The van der Waals surface area contributed by atoms with Gasteiger partial charge in [0.1, 0.15) is 5.75 Å². The Hall–Kier alpha value is -2.07. The van der Waals surface area contributed by atoms with E-state index in [1.165, 1.54) is 23.9 Å². The molecule has 0 saturated carbocycles. The zero-order valence-corrected chi connectivity index (χ0v) is 18.9. The molecule has 9 heteroatoms. The summed E-state index contributed by atoms with van der Waals surface area (Å²) in [6.07, 6.45) is 1.86. The lowest BCUT2D eigenvalue weighted by Gasteiger charge is -2.27. The van der Waals surface area contributed by atoms with E-state index >= 15 is 0 Å². The van der Waals surface area contributed by atoms with Crippen LogP contribution in [0.2, 0.25) is 0 Å². The summed E-state index contributed by atoms with van der Waals surface area (Å²) in [5.74, 6) is 0.422. The lowest BCUT2D eigenvalue weighted by atomic mass is 10.1. The van der Waals surface area contributed by atoms with Gasteiger partial charge in [0.05, 0.1) is 30.8 Å². The van der Waals surface area contributed by atoms with Crippen LogP contribution in [-0.2, 0) is 14.8 Å². The number of benzene rings is 2. The van der Waals surface area contributed by atoms with Crippen molar-refractivity contribution in [3.63, 3.8) is 0 Å². The van der Waals surface area contributed by atoms with Gasteiger partial charge in [-0.1, -0.05) is 18.2 Å². The molecule has 1 amide bonds. The van der Waals surface area contributed by atoms with E-state index in [0.717, 1.165) is 10.5 Å². The van der Waals surface area contributed by atoms with Crippen molar-refractivity contribution >= 4 is 27.7 Å². The van der Waals surface area contributed by atoms with Gasteiger partial charge in [0.15, 0.2) is 0 Å². The number of nitrogens with zero attached hydrogens (tertiary/aromatic N) is 1. The molecule has 1 fully saturated rings. The summed E-state index contributed by atoms with van der Waals surface area (Å²) in [4.78, 5) is 15.5. The zero-order chi connectivity index (χ0) is 21.7. The van der Waals surface area contributed by atoms with E-state index in [4.69, 9.17) is 9.47 Å². The van der Waals surface area contributed by atoms with Crippen LogP contribution >= 0.6 is 11.8 Å². The normalized spacial score (nSPS) is 15.6. The highest BCUT2D eigenvalue weighted by Crippen LogP contribution is 2.28. The molecule has 30 heavy (non-hydrogen) atoms. The molecule has 0 spiro atoms. The third kappa shape index (κ3) is 4.97. The third-order valence-electron chi connectivity index (χ3n) is 4.95. The lowest BCUT2D eigenvalue weighted by molar-refractivity contribution is 0.0300. The first-order valence-corrected chi connectivity index (χ1v) is 12.3. The van der Waals surface area contributed by atoms with Gasteiger partial charge in [0.2, 0.25) is 10.0 Å². The molecule has 0 unspecified atom stereocenters. The number of morpholine rings is 1. The summed E-state index contributed by atoms with van der Waals surface area (Å²) in [5.41, 5.74) is 1.12. The minimum absolute atomic E-state index is 0.0543. The largest absolute Gasteiger partial charge is 0.496 e. The van der Waals surface area contributed by atoms with Crippen molar-refractivity contribution in [2.24, 2.45) is 0 Å². The van der Waals surface area contributed by atoms with E-state index < -0.39 is 16.1 Å². The summed E-state index contributed by atoms with van der Waals surface area (Å²) in [6.45, 7) is 3.71. The van der Waals surface area contributed by atoms with E-state index in [0.29, 0.717) is 37.6 Å². The molecule has 7 nitrogen and oxygen atoms in total. The van der Waals surface area contributed by atoms with Crippen LogP contribution in [0.4, 0.5) is 0 Å². The molecule has 1 N–H and O–H groups in total. The Morgan fingerprint density at radius 3 is 2.57 bits per heavy atom. The number of rotatable bonds is 7. The minimum atomic E-state index is -3.85. The number of amides is 1. The van der Waals surface area contributed by atoms with Gasteiger partial charge in [0, 0.05) is 29.6 Å². The van der Waals surface area contributed by atoms with Crippen molar-refractivity contribution < 1.29 is 22.7 Å². The molecule has 3 rings (SSSR count). The highest BCUT2D eigenvalue weighted by atomic mass is 32.2. The number of para-hydroxylation sites is 1. The highest BCUT2D eigenvalue weighted by Gasteiger charge is 2.25. The van der Waals surface area contributed by atoms with Crippen LogP contribution in [-0.4, -0.2) is 58.9 Å². The Morgan fingerprint density at radius 1 is 1.20 bits per heavy atom. The maximum Gasteiger partial charge on any atom is 0.255 e. The standard InChI is InChI=1S/C21H26N2O5S2/c1-15(17-6-4-5-7-19(17)27-2)22-30(25,26)16-8-9-20(29-3)18(14-16)21(24)23-10-12-28-13-11-23/h4-9,14-15,22H,10-13H2,1-3H3/t15-/m0/s1. The van der Waals surface area contributed by atoms with E-state index in [9.17, 15) is 13.2 Å². The number of hydrogen-bond acceptors (Lipinski definition) is 6. The lowest BCUT2D eigenvalue weighted by Crippen LogP contribution is -2.41. The average Bonchev–Trinajstić information content (AvgIpc) is 2.78. The number of hydrogen-bond donors (Lipinski definition) is 1. The van der Waals surface area contributed by atoms with Crippen molar-refractivity contribution in [3.8, 4) is 5.75 Å². The van der Waals surface area contributed by atoms with E-state index in [2.05, 4.69) is 4.72 Å². The fourth-order valence-corrected chi connectivity index (χ4v) is 5.17. The average molecular weight is 451 g/mol. The van der Waals surface area contributed by atoms with Gasteiger partial charge >= 0.3 is 0 Å². The number of ether oxygens (including phenoxy) is 2. The molecule has 162 valence electrons. The van der Waals surface area contributed by atoms with Gasteiger partial charge in [0.25, 0.3) is 5.91 Å². The number of methoxy groups -OCH3 is 1. The van der Waals surface area contributed by atoms with E-state index in [-0.39, 0.29) is 10.8 Å². The van der Waals surface area contributed by atoms with Gasteiger partial charge in [-0.2, -0.15) is 0 Å². The van der Waals surface area contributed by atoms with Gasteiger partial charge in [-0.15, -0.1) is 11.8 Å². The molecule has 0 bridgehead atoms. The van der Waals surface area contributed by atoms with Crippen LogP contribution in [0.15, 0.2) is 52.3 Å². The highest BCUT2D eigenvalue weighted by molar-refractivity contribution is 7.98. The van der Waals surface area contributed by atoms with Crippen molar-refractivity contribution in [2.75, 3.05) is 39.7 Å². The molecule has 0 radical (unpaired) electrons. The van der Waals surface area contributed by atoms with Gasteiger partial charge < -0.3 is 14.4 Å². The summed E-state index contributed by atoms with van der Waals surface area (Å²) < 4.78 is 39.5. The summed E-state index contributed by atoms with van der Waals surface area (Å²) in [7, 11) is -2.31. The van der Waals surface area contributed by atoms with Crippen LogP contribution < -0.4 is 9.46 Å². The molecule has 2 aromatic carbocycles. The van der Waals surface area contributed by atoms with E-state index in [1.807, 2.05) is 24.5 Å². The molecular formula is C21H26N2O5S2. The van der Waals surface area contributed by atoms with Gasteiger partial charge in [-0.3, -0.25) is 4.79 Å². The Labute approximate surface area is 181 Å². The smallest absolute Gasteiger partial charge is 0.255 e. The predicted octanol–water partition coefficient (Wildman–Crippen LogP) is 2.93. The molecule has 1 saturated heterocycles. The van der Waals surface area contributed by atoms with Gasteiger partial charge in [-0.05, 0) is 37.4 Å². The first-order chi connectivity index (χ1) is 14.4. The van der Waals surface area contributed by atoms with Crippen LogP contribution in [0, 0.1) is 0 Å². The maximum atomic E-state index is 13.1. The zero-order valence-electron chi connectivity index (χ0n) is 17.3. The number of thioether (sulfide) groups is 1. The quantitative estimate of drug-likeness (QED) is 0.653. The summed E-state index contributed by atoms with van der Waals surface area (Å²) in [6, 6.07) is 11.4. The Kier molecular flexibility index (Phi) is 7.41. The number of nitrogens with one attached hydrogen (secondary N) is 1. The number of carbonyl (C=O) groups is 1. The van der Waals surface area contributed by atoms with Crippen molar-refractivity contribution in [3.05, 3.63) is 53.6 Å². The Bertz CT molecular complexity index is 1000.